The lowest BCUT2D eigenvalue weighted by atomic mass is 9.96. The van der Waals surface area contributed by atoms with E-state index in [4.69, 9.17) is 11.6 Å². The van der Waals surface area contributed by atoms with Crippen molar-refractivity contribution in [3.05, 3.63) is 16.4 Å². The van der Waals surface area contributed by atoms with Gasteiger partial charge in [-0.25, -0.2) is 0 Å². The Kier molecular flexibility index (Phi) is 4.54. The molecule has 1 atom stereocenters. The summed E-state index contributed by atoms with van der Waals surface area (Å²) in [7, 11) is 0. The van der Waals surface area contributed by atoms with Gasteiger partial charge in [-0.3, -0.25) is 9.48 Å². The third-order valence-corrected chi connectivity index (χ3v) is 3.45. The molecule has 1 rings (SSSR count). The molecule has 1 heterocycles. The van der Waals surface area contributed by atoms with E-state index in [-0.39, 0.29) is 11.7 Å². The van der Waals surface area contributed by atoms with Crippen LogP contribution in [0.15, 0.2) is 0 Å². The third-order valence-electron chi connectivity index (χ3n) is 2.96. The van der Waals surface area contributed by atoms with Crippen LogP contribution in [-0.2, 0) is 17.8 Å². The summed E-state index contributed by atoms with van der Waals surface area (Å²) < 4.78 is 1.89. The molecule has 1 aromatic heterocycles. The molecule has 1 aromatic rings. The van der Waals surface area contributed by atoms with Crippen molar-refractivity contribution in [3.63, 3.8) is 0 Å². The summed E-state index contributed by atoms with van der Waals surface area (Å²) in [6.45, 7) is 8.38. The first-order valence-corrected chi connectivity index (χ1v) is 6.11. The Bertz CT molecular complexity index is 385. The minimum absolute atomic E-state index is 0.0545. The molecular weight excluding hydrogens is 224 g/mol. The molecule has 0 aromatic carbocycles. The number of hydrogen-bond acceptors (Lipinski definition) is 2. The average molecular weight is 243 g/mol. The lowest BCUT2D eigenvalue weighted by Gasteiger charge is -2.12. The molecule has 0 spiro atoms. The molecule has 16 heavy (non-hydrogen) atoms. The minimum atomic E-state index is 0.0545. The van der Waals surface area contributed by atoms with Gasteiger partial charge in [0, 0.05) is 18.9 Å². The SMILES string of the molecule is CCC(Cc1c(Cl)c(C)nn1CC)C(C)=O. The Labute approximate surface area is 102 Å². The Morgan fingerprint density at radius 1 is 1.50 bits per heavy atom. The summed E-state index contributed by atoms with van der Waals surface area (Å²) in [5.74, 6) is 0.277. The van der Waals surface area contributed by atoms with Crippen LogP contribution in [-0.4, -0.2) is 15.6 Å². The highest BCUT2D eigenvalue weighted by atomic mass is 35.5. The van der Waals surface area contributed by atoms with E-state index in [1.165, 1.54) is 0 Å². The van der Waals surface area contributed by atoms with Crippen LogP contribution in [0, 0.1) is 12.8 Å². The maximum atomic E-state index is 11.4. The van der Waals surface area contributed by atoms with E-state index < -0.39 is 0 Å². The number of nitrogens with zero attached hydrogens (tertiary/aromatic N) is 2. The van der Waals surface area contributed by atoms with Crippen molar-refractivity contribution in [3.8, 4) is 0 Å². The Morgan fingerprint density at radius 3 is 2.56 bits per heavy atom. The molecule has 90 valence electrons. The Morgan fingerprint density at radius 2 is 2.12 bits per heavy atom. The molecule has 0 fully saturated rings. The lowest BCUT2D eigenvalue weighted by Crippen LogP contribution is -2.16. The molecule has 4 heteroatoms. The van der Waals surface area contributed by atoms with Crippen LogP contribution in [0.1, 0.15) is 38.6 Å². The standard InChI is InChI=1S/C12H19ClN2O/c1-5-10(9(4)16)7-11-12(13)8(3)14-15(11)6-2/h10H,5-7H2,1-4H3. The van der Waals surface area contributed by atoms with E-state index in [0.717, 1.165) is 24.4 Å². The Balaban J connectivity index is 2.99. The first kappa shape index (κ1) is 13.2. The van der Waals surface area contributed by atoms with Crippen molar-refractivity contribution < 1.29 is 4.79 Å². The van der Waals surface area contributed by atoms with E-state index in [1.807, 2.05) is 25.5 Å². The van der Waals surface area contributed by atoms with Crippen LogP contribution in [0.5, 0.6) is 0 Å². The molecular formula is C12H19ClN2O. The van der Waals surface area contributed by atoms with Crippen LogP contribution in [0.2, 0.25) is 5.02 Å². The quantitative estimate of drug-likeness (QED) is 0.796. The van der Waals surface area contributed by atoms with Gasteiger partial charge in [-0.1, -0.05) is 18.5 Å². The van der Waals surface area contributed by atoms with Gasteiger partial charge >= 0.3 is 0 Å². The van der Waals surface area contributed by atoms with E-state index in [1.54, 1.807) is 6.92 Å². The number of halogens is 1. The fraction of sp³-hybridized carbons (Fsp3) is 0.667. The monoisotopic (exact) mass is 242 g/mol. The van der Waals surface area contributed by atoms with Crippen molar-refractivity contribution in [2.45, 2.75) is 47.1 Å². The van der Waals surface area contributed by atoms with Gasteiger partial charge in [-0.2, -0.15) is 5.10 Å². The molecule has 0 radical (unpaired) electrons. The second-order valence-electron chi connectivity index (χ2n) is 4.08. The zero-order chi connectivity index (χ0) is 12.3. The first-order valence-electron chi connectivity index (χ1n) is 5.73. The summed E-state index contributed by atoms with van der Waals surface area (Å²) in [4.78, 5) is 11.4. The fourth-order valence-electron chi connectivity index (χ4n) is 1.87. The van der Waals surface area contributed by atoms with Crippen LogP contribution in [0.25, 0.3) is 0 Å². The fourth-order valence-corrected chi connectivity index (χ4v) is 2.09. The highest BCUT2D eigenvalue weighted by Crippen LogP contribution is 2.24. The predicted octanol–water partition coefficient (Wildman–Crippen LogP) is 3.02. The van der Waals surface area contributed by atoms with Crippen LogP contribution >= 0.6 is 11.6 Å². The topological polar surface area (TPSA) is 34.9 Å². The first-order chi connectivity index (χ1) is 7.51. The third kappa shape index (κ3) is 2.64. The molecule has 0 saturated carbocycles. The van der Waals surface area contributed by atoms with Crippen LogP contribution in [0.3, 0.4) is 0 Å². The van der Waals surface area contributed by atoms with Crippen LogP contribution in [0.4, 0.5) is 0 Å². The maximum Gasteiger partial charge on any atom is 0.133 e. The lowest BCUT2D eigenvalue weighted by molar-refractivity contribution is -0.120. The minimum Gasteiger partial charge on any atom is -0.300 e. The number of rotatable bonds is 5. The zero-order valence-electron chi connectivity index (χ0n) is 10.4. The summed E-state index contributed by atoms with van der Waals surface area (Å²) in [6.07, 6.45) is 1.54. The van der Waals surface area contributed by atoms with E-state index in [2.05, 4.69) is 5.10 Å². The summed E-state index contributed by atoms with van der Waals surface area (Å²) in [6, 6.07) is 0. The molecule has 0 saturated heterocycles. The number of hydrogen-bond donors (Lipinski definition) is 0. The van der Waals surface area contributed by atoms with Gasteiger partial charge in [-0.05, 0) is 27.2 Å². The number of aromatic nitrogens is 2. The predicted molar refractivity (Wildman–Crippen MR) is 65.8 cm³/mol. The normalized spacial score (nSPS) is 12.8. The van der Waals surface area contributed by atoms with Gasteiger partial charge in [0.05, 0.1) is 16.4 Å². The van der Waals surface area contributed by atoms with Crippen molar-refractivity contribution in [1.82, 2.24) is 9.78 Å². The number of carbonyl (C=O) groups excluding carboxylic acids is 1. The number of carbonyl (C=O) groups is 1. The number of ketones is 1. The smallest absolute Gasteiger partial charge is 0.133 e. The largest absolute Gasteiger partial charge is 0.300 e. The molecule has 0 N–H and O–H groups in total. The summed E-state index contributed by atoms with van der Waals surface area (Å²) in [5.41, 5.74) is 1.83. The van der Waals surface area contributed by atoms with Gasteiger partial charge in [0.25, 0.3) is 0 Å². The van der Waals surface area contributed by atoms with Gasteiger partial charge in [-0.15, -0.1) is 0 Å². The summed E-state index contributed by atoms with van der Waals surface area (Å²) in [5, 5.41) is 5.06. The number of aryl methyl sites for hydroxylation is 2. The van der Waals surface area contributed by atoms with Gasteiger partial charge in [0.15, 0.2) is 0 Å². The highest BCUT2D eigenvalue weighted by molar-refractivity contribution is 6.31. The Hall–Kier alpha value is -0.830. The highest BCUT2D eigenvalue weighted by Gasteiger charge is 2.19. The van der Waals surface area contributed by atoms with E-state index >= 15 is 0 Å². The van der Waals surface area contributed by atoms with Crippen molar-refractivity contribution >= 4 is 17.4 Å². The second-order valence-corrected chi connectivity index (χ2v) is 4.46. The molecule has 0 aliphatic heterocycles. The molecule has 0 aliphatic rings. The molecule has 3 nitrogen and oxygen atoms in total. The molecule has 0 bridgehead atoms. The van der Waals surface area contributed by atoms with Crippen molar-refractivity contribution in [1.29, 1.82) is 0 Å². The van der Waals surface area contributed by atoms with Gasteiger partial charge in [0.2, 0.25) is 0 Å². The zero-order valence-corrected chi connectivity index (χ0v) is 11.1. The van der Waals surface area contributed by atoms with Crippen molar-refractivity contribution in [2.24, 2.45) is 5.92 Å². The average Bonchev–Trinajstić information content (AvgIpc) is 2.51. The van der Waals surface area contributed by atoms with Gasteiger partial charge in [0.1, 0.15) is 5.78 Å². The number of Topliss-reactive ketones (excluding diaryl/α,β-unsaturated/α-hetero) is 1. The summed E-state index contributed by atoms with van der Waals surface area (Å²) >= 11 is 6.20. The molecule has 0 aliphatic carbocycles. The molecule has 1 unspecified atom stereocenters. The van der Waals surface area contributed by atoms with E-state index in [9.17, 15) is 4.79 Å². The molecule has 0 amide bonds. The van der Waals surface area contributed by atoms with Crippen LogP contribution < -0.4 is 0 Å². The van der Waals surface area contributed by atoms with Crippen molar-refractivity contribution in [2.75, 3.05) is 0 Å². The maximum absolute atomic E-state index is 11.4. The second kappa shape index (κ2) is 5.48. The van der Waals surface area contributed by atoms with E-state index in [0.29, 0.717) is 11.4 Å². The van der Waals surface area contributed by atoms with Gasteiger partial charge < -0.3 is 0 Å².